The van der Waals surface area contributed by atoms with Crippen molar-refractivity contribution in [3.63, 3.8) is 0 Å². The molecule has 1 aromatic heterocycles. The molecule has 0 aliphatic carbocycles. The maximum atomic E-state index is 5.95. The van der Waals surface area contributed by atoms with Gasteiger partial charge in [0.2, 0.25) is 0 Å². The van der Waals surface area contributed by atoms with Crippen molar-refractivity contribution < 1.29 is 0 Å². The number of nitrogens with two attached hydrogens (primary N) is 1. The van der Waals surface area contributed by atoms with Crippen molar-refractivity contribution in [1.82, 2.24) is 14.5 Å². The van der Waals surface area contributed by atoms with Crippen LogP contribution < -0.4 is 5.73 Å². The summed E-state index contributed by atoms with van der Waals surface area (Å²) in [6.07, 6.45) is 3.81. The van der Waals surface area contributed by atoms with Gasteiger partial charge in [-0.05, 0) is 27.7 Å². The Hall–Kier alpha value is -1.52. The van der Waals surface area contributed by atoms with Crippen molar-refractivity contribution in [1.29, 1.82) is 0 Å². The van der Waals surface area contributed by atoms with Crippen molar-refractivity contribution >= 4 is 5.96 Å². The second-order valence-corrected chi connectivity index (χ2v) is 5.04. The molecular weight excluding hydrogens is 214 g/mol. The van der Waals surface area contributed by atoms with E-state index in [-0.39, 0.29) is 6.04 Å². The largest absolute Gasteiger partial charge is 0.370 e. The summed E-state index contributed by atoms with van der Waals surface area (Å²) in [5.74, 6) is 0.640. The Morgan fingerprint density at radius 3 is 2.59 bits per heavy atom. The number of hydrogen-bond acceptors (Lipinski definition) is 4. The highest BCUT2D eigenvalue weighted by atomic mass is 15.3. The van der Waals surface area contributed by atoms with Crippen LogP contribution in [-0.2, 0) is 0 Å². The highest BCUT2D eigenvalue weighted by molar-refractivity contribution is 5.80. The summed E-state index contributed by atoms with van der Waals surface area (Å²) in [6.45, 7) is 9.31. The highest BCUT2D eigenvalue weighted by Gasteiger charge is 2.31. The summed E-state index contributed by atoms with van der Waals surface area (Å²) in [5, 5.41) is 0. The number of aromatic nitrogens is 2. The molecule has 0 saturated heterocycles. The van der Waals surface area contributed by atoms with Gasteiger partial charge in [-0.2, -0.15) is 0 Å². The van der Waals surface area contributed by atoms with Crippen LogP contribution >= 0.6 is 0 Å². The molecule has 1 aliphatic heterocycles. The summed E-state index contributed by atoms with van der Waals surface area (Å²) >= 11 is 0. The molecule has 2 heterocycles. The standard InChI is InChI=1S/C12H21N5/c1-8(2)16-7-14-5-10(16)11-6-15-12(13)17(11)9(3)4/h5,7-9,11H,6H2,1-4H3,(H2,13,15). The molecule has 0 radical (unpaired) electrons. The molecule has 0 aromatic carbocycles. The molecule has 1 aliphatic rings. The molecule has 0 fully saturated rings. The molecule has 5 nitrogen and oxygen atoms in total. The van der Waals surface area contributed by atoms with E-state index in [1.54, 1.807) is 0 Å². The third-order valence-corrected chi connectivity index (χ3v) is 3.18. The zero-order valence-electron chi connectivity index (χ0n) is 11.0. The summed E-state index contributed by atoms with van der Waals surface area (Å²) in [6, 6.07) is 0.977. The van der Waals surface area contributed by atoms with Gasteiger partial charge in [-0.1, -0.05) is 0 Å². The van der Waals surface area contributed by atoms with E-state index < -0.39 is 0 Å². The predicted molar refractivity (Wildman–Crippen MR) is 68.8 cm³/mol. The van der Waals surface area contributed by atoms with Crippen molar-refractivity contribution in [2.75, 3.05) is 6.54 Å². The second kappa shape index (κ2) is 4.39. The second-order valence-electron chi connectivity index (χ2n) is 5.04. The summed E-state index contributed by atoms with van der Waals surface area (Å²) in [4.78, 5) is 10.8. The van der Waals surface area contributed by atoms with Crippen LogP contribution in [0.4, 0.5) is 0 Å². The highest BCUT2D eigenvalue weighted by Crippen LogP contribution is 2.28. The van der Waals surface area contributed by atoms with E-state index in [2.05, 4.69) is 47.1 Å². The van der Waals surface area contributed by atoms with E-state index in [4.69, 9.17) is 5.73 Å². The molecule has 0 bridgehead atoms. The van der Waals surface area contributed by atoms with Crippen LogP contribution in [0.3, 0.4) is 0 Å². The smallest absolute Gasteiger partial charge is 0.192 e. The Kier molecular flexibility index (Phi) is 3.09. The van der Waals surface area contributed by atoms with Crippen LogP contribution in [0, 0.1) is 0 Å². The first kappa shape index (κ1) is 12.0. The average Bonchev–Trinajstić information content (AvgIpc) is 2.82. The maximum absolute atomic E-state index is 5.95. The number of nitrogens with zero attached hydrogens (tertiary/aromatic N) is 4. The number of rotatable bonds is 3. The predicted octanol–water partition coefficient (Wildman–Crippen LogP) is 1.54. The van der Waals surface area contributed by atoms with E-state index in [1.165, 1.54) is 5.69 Å². The monoisotopic (exact) mass is 235 g/mol. The first-order valence-electron chi connectivity index (χ1n) is 6.12. The summed E-state index contributed by atoms with van der Waals surface area (Å²) in [7, 11) is 0. The number of aliphatic imine (C=N–C) groups is 1. The Morgan fingerprint density at radius 2 is 2.00 bits per heavy atom. The zero-order valence-corrected chi connectivity index (χ0v) is 11.0. The van der Waals surface area contributed by atoms with E-state index in [0.717, 1.165) is 6.54 Å². The third kappa shape index (κ3) is 2.01. The summed E-state index contributed by atoms with van der Waals surface area (Å²) < 4.78 is 2.19. The van der Waals surface area contributed by atoms with Crippen LogP contribution in [0.25, 0.3) is 0 Å². The fraction of sp³-hybridized carbons (Fsp3) is 0.667. The van der Waals surface area contributed by atoms with E-state index in [9.17, 15) is 0 Å². The Morgan fingerprint density at radius 1 is 1.29 bits per heavy atom. The van der Waals surface area contributed by atoms with Crippen LogP contribution in [0.1, 0.15) is 45.5 Å². The van der Waals surface area contributed by atoms with Gasteiger partial charge in [0.1, 0.15) is 0 Å². The molecule has 0 amide bonds. The lowest BCUT2D eigenvalue weighted by Crippen LogP contribution is -2.41. The molecule has 0 spiro atoms. The van der Waals surface area contributed by atoms with E-state index >= 15 is 0 Å². The lowest BCUT2D eigenvalue weighted by atomic mass is 10.1. The van der Waals surface area contributed by atoms with Gasteiger partial charge in [0.05, 0.1) is 30.8 Å². The van der Waals surface area contributed by atoms with Gasteiger partial charge < -0.3 is 15.2 Å². The molecule has 1 unspecified atom stereocenters. The molecule has 5 heteroatoms. The van der Waals surface area contributed by atoms with Crippen LogP contribution in [-0.4, -0.2) is 33.0 Å². The lowest BCUT2D eigenvalue weighted by Gasteiger charge is -2.31. The molecular formula is C12H21N5. The first-order chi connectivity index (χ1) is 8.02. The number of hydrogen-bond donors (Lipinski definition) is 1. The fourth-order valence-electron chi connectivity index (χ4n) is 2.37. The quantitative estimate of drug-likeness (QED) is 0.864. The van der Waals surface area contributed by atoms with Crippen LogP contribution in [0.15, 0.2) is 17.5 Å². The van der Waals surface area contributed by atoms with E-state index in [1.807, 2.05) is 12.5 Å². The number of guanidine groups is 1. The van der Waals surface area contributed by atoms with Crippen molar-refractivity contribution in [2.45, 2.75) is 45.8 Å². The number of imidazole rings is 1. The van der Waals surface area contributed by atoms with Crippen molar-refractivity contribution in [2.24, 2.45) is 10.7 Å². The first-order valence-corrected chi connectivity index (χ1v) is 6.12. The topological polar surface area (TPSA) is 59.4 Å². The zero-order chi connectivity index (χ0) is 12.6. The average molecular weight is 235 g/mol. The van der Waals surface area contributed by atoms with Gasteiger partial charge in [-0.15, -0.1) is 0 Å². The molecule has 1 aromatic rings. The van der Waals surface area contributed by atoms with Gasteiger partial charge in [0, 0.05) is 12.1 Å². The van der Waals surface area contributed by atoms with Crippen LogP contribution in [0.5, 0.6) is 0 Å². The minimum absolute atomic E-state index is 0.222. The molecule has 0 saturated carbocycles. The molecule has 94 valence electrons. The minimum Gasteiger partial charge on any atom is -0.370 e. The van der Waals surface area contributed by atoms with Gasteiger partial charge >= 0.3 is 0 Å². The lowest BCUT2D eigenvalue weighted by molar-refractivity contribution is 0.277. The summed E-state index contributed by atoms with van der Waals surface area (Å²) in [5.41, 5.74) is 7.14. The van der Waals surface area contributed by atoms with Crippen molar-refractivity contribution in [3.8, 4) is 0 Å². The van der Waals surface area contributed by atoms with Crippen LogP contribution in [0.2, 0.25) is 0 Å². The van der Waals surface area contributed by atoms with Gasteiger partial charge in [-0.25, -0.2) is 4.98 Å². The Balaban J connectivity index is 2.31. The molecule has 2 N–H and O–H groups in total. The fourth-order valence-corrected chi connectivity index (χ4v) is 2.37. The molecule has 17 heavy (non-hydrogen) atoms. The molecule has 1 atom stereocenters. The normalized spacial score (nSPS) is 20.5. The van der Waals surface area contributed by atoms with Gasteiger partial charge in [0.25, 0.3) is 0 Å². The van der Waals surface area contributed by atoms with E-state index in [0.29, 0.717) is 18.0 Å². The Bertz CT molecular complexity index is 418. The maximum Gasteiger partial charge on any atom is 0.192 e. The van der Waals surface area contributed by atoms with Gasteiger partial charge in [-0.3, -0.25) is 4.99 Å². The SMILES string of the molecule is CC(C)N1C(N)=NCC1c1cncn1C(C)C. The Labute approximate surface area is 102 Å². The van der Waals surface area contributed by atoms with Crippen molar-refractivity contribution in [3.05, 3.63) is 18.2 Å². The van der Waals surface area contributed by atoms with Gasteiger partial charge in [0.15, 0.2) is 5.96 Å². The third-order valence-electron chi connectivity index (χ3n) is 3.18. The molecule has 2 rings (SSSR count). The minimum atomic E-state index is 0.222.